The third-order valence-corrected chi connectivity index (χ3v) is 4.52. The number of nitrogens with one attached hydrogen (secondary N) is 2. The predicted molar refractivity (Wildman–Crippen MR) is 117 cm³/mol. The van der Waals surface area contributed by atoms with E-state index >= 15 is 0 Å². The number of aryl methyl sites for hydroxylation is 1. The molecule has 2 N–H and O–H groups in total. The zero-order valence-electron chi connectivity index (χ0n) is 16.6. The fourth-order valence-corrected chi connectivity index (χ4v) is 3.25. The number of nitrogens with zero attached hydrogens (tertiary/aromatic N) is 1. The molecule has 0 aliphatic rings. The van der Waals surface area contributed by atoms with Gasteiger partial charge >= 0.3 is 0 Å². The smallest absolute Gasteiger partial charge is 0.249 e. The van der Waals surface area contributed by atoms with Crippen LogP contribution in [0.3, 0.4) is 0 Å². The molecule has 0 spiro atoms. The Labute approximate surface area is 178 Å². The number of rotatable bonds is 9. The lowest BCUT2D eigenvalue weighted by molar-refractivity contribution is -0.126. The van der Waals surface area contributed by atoms with Gasteiger partial charge in [-0.25, -0.2) is 5.43 Å². The molecule has 0 aliphatic heterocycles. The summed E-state index contributed by atoms with van der Waals surface area (Å²) in [6.45, 7) is 4.36. The fourth-order valence-electron chi connectivity index (χ4n) is 2.63. The lowest BCUT2D eigenvalue weighted by Crippen LogP contribution is -2.25. The number of carbonyl (C=O) groups is 2. The van der Waals surface area contributed by atoms with Crippen molar-refractivity contribution in [2.45, 2.75) is 26.7 Å². The van der Waals surface area contributed by atoms with Crippen LogP contribution < -0.4 is 20.2 Å². The highest BCUT2D eigenvalue weighted by atomic mass is 79.9. The van der Waals surface area contributed by atoms with Crippen molar-refractivity contribution in [1.82, 2.24) is 5.43 Å². The average molecular weight is 462 g/mol. The van der Waals surface area contributed by atoms with Gasteiger partial charge in [-0.2, -0.15) is 5.10 Å². The molecular formula is C21H24BrN3O4. The average Bonchev–Trinajstić information content (AvgIpc) is 2.68. The number of halogens is 1. The molecule has 29 heavy (non-hydrogen) atoms. The van der Waals surface area contributed by atoms with E-state index in [4.69, 9.17) is 9.47 Å². The van der Waals surface area contributed by atoms with Crippen LogP contribution in [-0.4, -0.2) is 31.7 Å². The Kier molecular flexibility index (Phi) is 8.67. The van der Waals surface area contributed by atoms with Crippen molar-refractivity contribution < 1.29 is 19.1 Å². The van der Waals surface area contributed by atoms with Crippen LogP contribution in [-0.2, 0) is 16.0 Å². The molecule has 0 aromatic heterocycles. The molecule has 2 amide bonds. The van der Waals surface area contributed by atoms with Gasteiger partial charge in [-0.3, -0.25) is 9.59 Å². The molecule has 0 bridgehead atoms. The van der Waals surface area contributed by atoms with Gasteiger partial charge in [0.1, 0.15) is 6.42 Å². The van der Waals surface area contributed by atoms with Crippen molar-refractivity contribution in [3.63, 3.8) is 0 Å². The van der Waals surface area contributed by atoms with Gasteiger partial charge in [-0.1, -0.05) is 25.1 Å². The quantitative estimate of drug-likeness (QED) is 0.336. The van der Waals surface area contributed by atoms with E-state index in [0.717, 1.165) is 12.0 Å². The van der Waals surface area contributed by atoms with Crippen molar-refractivity contribution in [3.8, 4) is 11.5 Å². The van der Waals surface area contributed by atoms with Crippen LogP contribution in [0.25, 0.3) is 0 Å². The van der Waals surface area contributed by atoms with E-state index in [-0.39, 0.29) is 6.42 Å². The van der Waals surface area contributed by atoms with Gasteiger partial charge in [-0.05, 0) is 58.6 Å². The summed E-state index contributed by atoms with van der Waals surface area (Å²) in [5, 5.41) is 6.67. The summed E-state index contributed by atoms with van der Waals surface area (Å²) in [6, 6.07) is 11.0. The molecule has 0 saturated carbocycles. The standard InChI is InChI=1S/C21H24BrN3O4/c1-4-15-8-6-7-9-17(15)24-19(26)12-20(27)25-23-13-14-10-16(22)21(28-3)18(11-14)29-5-2/h6-11,13H,4-5,12H2,1-3H3,(H,24,26)(H,25,27). The minimum Gasteiger partial charge on any atom is -0.492 e. The Morgan fingerprint density at radius 1 is 1.17 bits per heavy atom. The summed E-state index contributed by atoms with van der Waals surface area (Å²) in [5.41, 5.74) is 4.77. The third-order valence-electron chi connectivity index (χ3n) is 3.93. The molecule has 0 saturated heterocycles. The molecule has 0 aliphatic carbocycles. The summed E-state index contributed by atoms with van der Waals surface area (Å²) >= 11 is 3.42. The van der Waals surface area contributed by atoms with Crippen molar-refractivity contribution in [1.29, 1.82) is 0 Å². The van der Waals surface area contributed by atoms with Crippen molar-refractivity contribution in [3.05, 3.63) is 52.0 Å². The second-order valence-electron chi connectivity index (χ2n) is 6.00. The van der Waals surface area contributed by atoms with E-state index in [0.29, 0.717) is 33.8 Å². The van der Waals surface area contributed by atoms with Crippen molar-refractivity contribution >= 4 is 39.6 Å². The maximum atomic E-state index is 12.1. The lowest BCUT2D eigenvalue weighted by Gasteiger charge is -2.11. The SMILES string of the molecule is CCOc1cc(C=NNC(=O)CC(=O)Nc2ccccc2CC)cc(Br)c1OC. The number of para-hydroxylation sites is 1. The number of anilines is 1. The number of benzene rings is 2. The molecule has 0 radical (unpaired) electrons. The predicted octanol–water partition coefficient (Wildman–Crippen LogP) is 3.90. The largest absolute Gasteiger partial charge is 0.492 e. The fraction of sp³-hybridized carbons (Fsp3) is 0.286. The van der Waals surface area contributed by atoms with E-state index in [9.17, 15) is 9.59 Å². The molecule has 7 nitrogen and oxygen atoms in total. The maximum Gasteiger partial charge on any atom is 0.249 e. The first-order valence-electron chi connectivity index (χ1n) is 9.18. The molecule has 0 unspecified atom stereocenters. The van der Waals surface area contributed by atoms with Gasteiger partial charge in [0.25, 0.3) is 0 Å². The van der Waals surface area contributed by atoms with E-state index in [1.54, 1.807) is 19.2 Å². The molecule has 2 aromatic rings. The second-order valence-corrected chi connectivity index (χ2v) is 6.85. The van der Waals surface area contributed by atoms with Gasteiger partial charge in [0.05, 0.1) is 24.4 Å². The molecule has 0 heterocycles. The van der Waals surface area contributed by atoms with E-state index in [1.165, 1.54) is 6.21 Å². The summed E-state index contributed by atoms with van der Waals surface area (Å²) in [7, 11) is 1.56. The number of hydrogen-bond acceptors (Lipinski definition) is 5. The van der Waals surface area contributed by atoms with Gasteiger partial charge in [0.15, 0.2) is 11.5 Å². The van der Waals surface area contributed by atoms with Crippen LogP contribution >= 0.6 is 15.9 Å². The Morgan fingerprint density at radius 3 is 2.62 bits per heavy atom. The van der Waals surface area contributed by atoms with Crippen molar-refractivity contribution in [2.24, 2.45) is 5.10 Å². The highest BCUT2D eigenvalue weighted by Crippen LogP contribution is 2.36. The van der Waals surface area contributed by atoms with Crippen LogP contribution in [0.15, 0.2) is 46.0 Å². The van der Waals surface area contributed by atoms with Crippen LogP contribution in [0.4, 0.5) is 5.69 Å². The zero-order valence-corrected chi connectivity index (χ0v) is 18.2. The zero-order chi connectivity index (χ0) is 21.2. The highest BCUT2D eigenvalue weighted by molar-refractivity contribution is 9.10. The highest BCUT2D eigenvalue weighted by Gasteiger charge is 2.12. The molecule has 0 atom stereocenters. The van der Waals surface area contributed by atoms with Gasteiger partial charge in [-0.15, -0.1) is 0 Å². The summed E-state index contributed by atoms with van der Waals surface area (Å²) in [5.74, 6) is 0.234. The topological polar surface area (TPSA) is 89.0 Å². The first-order chi connectivity index (χ1) is 14.0. The van der Waals surface area contributed by atoms with E-state index < -0.39 is 11.8 Å². The molecule has 2 rings (SSSR count). The maximum absolute atomic E-state index is 12.1. The molecule has 0 fully saturated rings. The number of ether oxygens (including phenoxy) is 2. The van der Waals surface area contributed by atoms with E-state index in [1.807, 2.05) is 38.1 Å². The van der Waals surface area contributed by atoms with Gasteiger partial charge < -0.3 is 14.8 Å². The Hall–Kier alpha value is -2.87. The second kappa shape index (κ2) is 11.2. The normalized spacial score (nSPS) is 10.6. The van der Waals surface area contributed by atoms with Crippen LogP contribution in [0.1, 0.15) is 31.4 Å². The molecular weight excluding hydrogens is 438 g/mol. The molecule has 2 aromatic carbocycles. The lowest BCUT2D eigenvalue weighted by atomic mass is 10.1. The number of methoxy groups -OCH3 is 1. The minimum absolute atomic E-state index is 0.327. The number of amides is 2. The molecule has 154 valence electrons. The Bertz CT molecular complexity index is 899. The number of hydrogen-bond donors (Lipinski definition) is 2. The first-order valence-corrected chi connectivity index (χ1v) is 9.97. The van der Waals surface area contributed by atoms with Gasteiger partial charge in [0, 0.05) is 5.69 Å². The molecule has 8 heteroatoms. The summed E-state index contributed by atoms with van der Waals surface area (Å²) < 4.78 is 11.6. The minimum atomic E-state index is -0.509. The first kappa shape index (κ1) is 22.4. The summed E-state index contributed by atoms with van der Waals surface area (Å²) in [4.78, 5) is 24.1. The number of hydrazone groups is 1. The summed E-state index contributed by atoms with van der Waals surface area (Å²) in [6.07, 6.45) is 1.93. The van der Waals surface area contributed by atoms with Crippen molar-refractivity contribution in [2.75, 3.05) is 19.0 Å². The van der Waals surface area contributed by atoms with Gasteiger partial charge in [0.2, 0.25) is 11.8 Å². The Morgan fingerprint density at radius 2 is 1.93 bits per heavy atom. The van der Waals surface area contributed by atoms with Crippen LogP contribution in [0, 0.1) is 0 Å². The van der Waals surface area contributed by atoms with Crippen LogP contribution in [0.2, 0.25) is 0 Å². The Balaban J connectivity index is 1.94. The number of carbonyl (C=O) groups excluding carboxylic acids is 2. The van der Waals surface area contributed by atoms with E-state index in [2.05, 4.69) is 31.8 Å². The monoisotopic (exact) mass is 461 g/mol. The van der Waals surface area contributed by atoms with Crippen LogP contribution in [0.5, 0.6) is 11.5 Å². The third kappa shape index (κ3) is 6.60.